The van der Waals surface area contributed by atoms with E-state index in [0.717, 1.165) is 35.2 Å². The van der Waals surface area contributed by atoms with Crippen LogP contribution < -0.4 is 10.5 Å². The summed E-state index contributed by atoms with van der Waals surface area (Å²) in [6.45, 7) is 2.61. The SMILES string of the molecule is Cc1cc2ccccc2nc1OCC1(N)CCCCC1. The van der Waals surface area contributed by atoms with Crippen LogP contribution in [0, 0.1) is 6.92 Å². The van der Waals surface area contributed by atoms with E-state index >= 15 is 0 Å². The van der Waals surface area contributed by atoms with Gasteiger partial charge in [0.25, 0.3) is 0 Å². The highest BCUT2D eigenvalue weighted by Crippen LogP contribution is 2.28. The molecule has 106 valence electrons. The zero-order valence-electron chi connectivity index (χ0n) is 12.1. The summed E-state index contributed by atoms with van der Waals surface area (Å²) in [6, 6.07) is 10.2. The number of benzene rings is 1. The van der Waals surface area contributed by atoms with Crippen LogP contribution in [0.1, 0.15) is 37.7 Å². The number of para-hydroxylation sites is 1. The van der Waals surface area contributed by atoms with Crippen molar-refractivity contribution in [2.45, 2.75) is 44.6 Å². The third kappa shape index (κ3) is 2.78. The van der Waals surface area contributed by atoms with Crippen LogP contribution in [0.5, 0.6) is 5.88 Å². The second-order valence-corrected chi connectivity index (χ2v) is 6.01. The van der Waals surface area contributed by atoms with Gasteiger partial charge in [-0.1, -0.05) is 37.5 Å². The van der Waals surface area contributed by atoms with Crippen molar-refractivity contribution in [2.24, 2.45) is 5.73 Å². The normalized spacial score (nSPS) is 18.1. The Hall–Kier alpha value is -1.61. The Morgan fingerprint density at radius 2 is 1.95 bits per heavy atom. The summed E-state index contributed by atoms with van der Waals surface area (Å²) in [6.07, 6.45) is 5.83. The maximum absolute atomic E-state index is 6.42. The molecule has 3 nitrogen and oxygen atoms in total. The van der Waals surface area contributed by atoms with Crippen LogP contribution in [-0.2, 0) is 0 Å². The van der Waals surface area contributed by atoms with E-state index < -0.39 is 0 Å². The summed E-state index contributed by atoms with van der Waals surface area (Å²) < 4.78 is 5.95. The van der Waals surface area contributed by atoms with Crippen molar-refractivity contribution in [3.8, 4) is 5.88 Å². The lowest BCUT2D eigenvalue weighted by Gasteiger charge is -2.33. The quantitative estimate of drug-likeness (QED) is 0.927. The molecule has 0 aliphatic heterocycles. The Kier molecular flexibility index (Phi) is 3.62. The maximum Gasteiger partial charge on any atom is 0.216 e. The van der Waals surface area contributed by atoms with Crippen molar-refractivity contribution in [2.75, 3.05) is 6.61 Å². The fourth-order valence-electron chi connectivity index (χ4n) is 2.96. The Labute approximate surface area is 120 Å². The van der Waals surface area contributed by atoms with E-state index in [1.54, 1.807) is 0 Å². The minimum Gasteiger partial charge on any atom is -0.476 e. The molecule has 3 heteroatoms. The summed E-state index contributed by atoms with van der Waals surface area (Å²) in [5, 5.41) is 1.15. The first-order valence-corrected chi connectivity index (χ1v) is 7.44. The van der Waals surface area contributed by atoms with Gasteiger partial charge in [-0.15, -0.1) is 0 Å². The number of hydrogen-bond donors (Lipinski definition) is 1. The third-order valence-electron chi connectivity index (χ3n) is 4.21. The van der Waals surface area contributed by atoms with E-state index in [1.807, 2.05) is 25.1 Å². The number of aromatic nitrogens is 1. The van der Waals surface area contributed by atoms with Gasteiger partial charge in [-0.3, -0.25) is 0 Å². The van der Waals surface area contributed by atoms with E-state index in [0.29, 0.717) is 6.61 Å². The maximum atomic E-state index is 6.42. The largest absolute Gasteiger partial charge is 0.476 e. The lowest BCUT2D eigenvalue weighted by Crippen LogP contribution is -2.47. The van der Waals surface area contributed by atoms with Gasteiger partial charge < -0.3 is 10.5 Å². The monoisotopic (exact) mass is 270 g/mol. The molecule has 0 bridgehead atoms. The first kappa shape index (κ1) is 13.4. The highest BCUT2D eigenvalue weighted by Gasteiger charge is 2.28. The number of aryl methyl sites for hydroxylation is 1. The smallest absolute Gasteiger partial charge is 0.216 e. The third-order valence-corrected chi connectivity index (χ3v) is 4.21. The Morgan fingerprint density at radius 1 is 1.20 bits per heavy atom. The van der Waals surface area contributed by atoms with Crippen molar-refractivity contribution in [1.82, 2.24) is 4.98 Å². The average Bonchev–Trinajstić information content (AvgIpc) is 2.46. The van der Waals surface area contributed by atoms with Gasteiger partial charge in [0.15, 0.2) is 0 Å². The van der Waals surface area contributed by atoms with Gasteiger partial charge in [0.1, 0.15) is 6.61 Å². The fourth-order valence-corrected chi connectivity index (χ4v) is 2.96. The zero-order chi connectivity index (χ0) is 14.0. The van der Waals surface area contributed by atoms with E-state index in [4.69, 9.17) is 10.5 Å². The molecule has 1 saturated carbocycles. The van der Waals surface area contributed by atoms with Gasteiger partial charge in [-0.25, -0.2) is 4.98 Å². The standard InChI is InChI=1S/C17H22N2O/c1-13-11-14-7-3-4-8-15(14)19-16(13)20-12-17(18)9-5-2-6-10-17/h3-4,7-8,11H,2,5-6,9-10,12,18H2,1H3. The van der Waals surface area contributed by atoms with E-state index in [1.165, 1.54) is 19.3 Å². The molecule has 1 aromatic carbocycles. The van der Waals surface area contributed by atoms with Gasteiger partial charge in [0, 0.05) is 10.9 Å². The number of fused-ring (bicyclic) bond motifs is 1. The lowest BCUT2D eigenvalue weighted by atomic mass is 9.83. The summed E-state index contributed by atoms with van der Waals surface area (Å²) in [5.41, 5.74) is 8.30. The second-order valence-electron chi connectivity index (χ2n) is 6.01. The molecule has 0 amide bonds. The molecule has 20 heavy (non-hydrogen) atoms. The summed E-state index contributed by atoms with van der Waals surface area (Å²) in [4.78, 5) is 4.61. The molecule has 0 atom stereocenters. The number of nitrogens with zero attached hydrogens (tertiary/aromatic N) is 1. The van der Waals surface area contributed by atoms with E-state index in [-0.39, 0.29) is 5.54 Å². The Morgan fingerprint density at radius 3 is 2.75 bits per heavy atom. The topological polar surface area (TPSA) is 48.1 Å². The number of nitrogens with two attached hydrogens (primary N) is 1. The molecular weight excluding hydrogens is 248 g/mol. The van der Waals surface area contributed by atoms with Gasteiger partial charge in [0.2, 0.25) is 5.88 Å². The minimum absolute atomic E-state index is 0.169. The Bertz CT molecular complexity index is 603. The lowest BCUT2D eigenvalue weighted by molar-refractivity contribution is 0.168. The minimum atomic E-state index is -0.169. The molecule has 1 heterocycles. The van der Waals surface area contributed by atoms with Crippen molar-refractivity contribution in [3.63, 3.8) is 0 Å². The van der Waals surface area contributed by atoms with Crippen molar-refractivity contribution < 1.29 is 4.74 Å². The first-order valence-electron chi connectivity index (χ1n) is 7.44. The van der Waals surface area contributed by atoms with Crippen LogP contribution >= 0.6 is 0 Å². The number of ether oxygens (including phenoxy) is 1. The highest BCUT2D eigenvalue weighted by atomic mass is 16.5. The van der Waals surface area contributed by atoms with E-state index in [2.05, 4.69) is 17.1 Å². The van der Waals surface area contributed by atoms with Crippen LogP contribution in [0.3, 0.4) is 0 Å². The highest BCUT2D eigenvalue weighted by molar-refractivity contribution is 5.79. The van der Waals surface area contributed by atoms with Gasteiger partial charge >= 0.3 is 0 Å². The number of rotatable bonds is 3. The molecule has 1 aliphatic carbocycles. The van der Waals surface area contributed by atoms with Gasteiger partial charge in [-0.05, 0) is 31.9 Å². The van der Waals surface area contributed by atoms with Crippen molar-refractivity contribution in [3.05, 3.63) is 35.9 Å². The fraction of sp³-hybridized carbons (Fsp3) is 0.471. The van der Waals surface area contributed by atoms with E-state index in [9.17, 15) is 0 Å². The van der Waals surface area contributed by atoms with Crippen LogP contribution in [0.2, 0.25) is 0 Å². The molecule has 3 rings (SSSR count). The first-order chi connectivity index (χ1) is 9.66. The zero-order valence-corrected chi connectivity index (χ0v) is 12.1. The predicted octanol–water partition coefficient (Wildman–Crippen LogP) is 3.58. The number of pyridine rings is 1. The van der Waals surface area contributed by atoms with Crippen LogP contribution in [0.25, 0.3) is 10.9 Å². The summed E-state index contributed by atoms with van der Waals surface area (Å²) >= 11 is 0. The van der Waals surface area contributed by atoms with Crippen LogP contribution in [0.4, 0.5) is 0 Å². The van der Waals surface area contributed by atoms with Crippen molar-refractivity contribution in [1.29, 1.82) is 0 Å². The van der Waals surface area contributed by atoms with Gasteiger partial charge in [-0.2, -0.15) is 0 Å². The molecule has 0 unspecified atom stereocenters. The average molecular weight is 270 g/mol. The molecule has 1 aromatic heterocycles. The summed E-state index contributed by atoms with van der Waals surface area (Å²) in [7, 11) is 0. The molecule has 1 fully saturated rings. The molecule has 2 N–H and O–H groups in total. The molecule has 1 aliphatic rings. The molecule has 0 radical (unpaired) electrons. The molecular formula is C17H22N2O. The number of hydrogen-bond acceptors (Lipinski definition) is 3. The summed E-state index contributed by atoms with van der Waals surface area (Å²) in [5.74, 6) is 0.721. The van der Waals surface area contributed by atoms with Gasteiger partial charge in [0.05, 0.1) is 11.1 Å². The molecule has 0 spiro atoms. The van der Waals surface area contributed by atoms with Crippen molar-refractivity contribution >= 4 is 10.9 Å². The van der Waals surface area contributed by atoms with Crippen LogP contribution in [-0.4, -0.2) is 17.1 Å². The molecule has 2 aromatic rings. The van der Waals surface area contributed by atoms with Crippen LogP contribution in [0.15, 0.2) is 30.3 Å². The predicted molar refractivity (Wildman–Crippen MR) is 82.0 cm³/mol. The second kappa shape index (κ2) is 5.41. The Balaban J connectivity index is 1.78. The molecule has 0 saturated heterocycles.